The van der Waals surface area contributed by atoms with Gasteiger partial charge in [-0.05, 0) is 49.6 Å². The number of amides is 3. The minimum atomic E-state index is -0.308. The van der Waals surface area contributed by atoms with Crippen LogP contribution < -0.4 is 5.32 Å². The van der Waals surface area contributed by atoms with Crippen LogP contribution in [0.15, 0.2) is 47.1 Å². The van der Waals surface area contributed by atoms with Crippen molar-refractivity contribution in [3.63, 3.8) is 0 Å². The van der Waals surface area contributed by atoms with Gasteiger partial charge < -0.3 is 19.5 Å². The highest BCUT2D eigenvalue weighted by Crippen LogP contribution is 2.15. The number of nitrogens with one attached hydrogen (secondary N) is 1. The Balaban J connectivity index is 1.50. The van der Waals surface area contributed by atoms with E-state index in [1.807, 2.05) is 6.92 Å². The maximum atomic E-state index is 13.3. The van der Waals surface area contributed by atoms with E-state index in [4.69, 9.17) is 4.42 Å². The zero-order chi connectivity index (χ0) is 19.2. The van der Waals surface area contributed by atoms with Gasteiger partial charge in [0.05, 0.1) is 6.26 Å². The molecular formula is C20H24FN3O3. The summed E-state index contributed by atoms with van der Waals surface area (Å²) in [5.74, 6) is -0.0895. The van der Waals surface area contributed by atoms with Gasteiger partial charge in [-0.1, -0.05) is 12.1 Å². The Hall–Kier alpha value is -2.83. The highest BCUT2D eigenvalue weighted by molar-refractivity contribution is 5.91. The lowest BCUT2D eigenvalue weighted by molar-refractivity contribution is 0.0674. The first-order chi connectivity index (χ1) is 13.1. The highest BCUT2D eigenvalue weighted by Gasteiger charge is 2.26. The molecule has 0 saturated carbocycles. The first-order valence-corrected chi connectivity index (χ1v) is 9.19. The first-order valence-electron chi connectivity index (χ1n) is 9.19. The van der Waals surface area contributed by atoms with Crippen LogP contribution in [0, 0.1) is 5.82 Å². The molecule has 1 aliphatic heterocycles. The smallest absolute Gasteiger partial charge is 0.317 e. The number of likely N-dealkylation sites (tertiary alicyclic amines) is 1. The summed E-state index contributed by atoms with van der Waals surface area (Å²) in [5, 5.41) is 3.03. The lowest BCUT2D eigenvalue weighted by Gasteiger charge is -2.33. The molecule has 0 radical (unpaired) electrons. The number of carbonyl (C=O) groups excluding carboxylic acids is 2. The number of urea groups is 1. The van der Waals surface area contributed by atoms with Crippen molar-refractivity contribution in [2.45, 2.75) is 32.4 Å². The Labute approximate surface area is 157 Å². The summed E-state index contributed by atoms with van der Waals surface area (Å²) in [5.41, 5.74) is 0.755. The zero-order valence-electron chi connectivity index (χ0n) is 15.4. The lowest BCUT2D eigenvalue weighted by Crippen LogP contribution is -2.50. The van der Waals surface area contributed by atoms with Gasteiger partial charge in [-0.3, -0.25) is 4.79 Å². The Morgan fingerprint density at radius 3 is 2.67 bits per heavy atom. The van der Waals surface area contributed by atoms with Crippen LogP contribution in [-0.2, 0) is 6.54 Å². The van der Waals surface area contributed by atoms with Crippen LogP contribution >= 0.6 is 0 Å². The standard InChI is InChI=1S/C20H24FN3O3/c1-2-23(14-15-5-3-6-16(21)13-15)20(26)22-17-8-10-24(11-9-17)19(25)18-7-4-12-27-18/h3-7,12-13,17H,2,8-11,14H2,1H3,(H,22,26). The van der Waals surface area contributed by atoms with Crippen molar-refractivity contribution < 1.29 is 18.4 Å². The van der Waals surface area contributed by atoms with E-state index in [1.165, 1.54) is 18.4 Å². The maximum absolute atomic E-state index is 13.3. The maximum Gasteiger partial charge on any atom is 0.317 e. The van der Waals surface area contributed by atoms with Crippen LogP contribution in [0.3, 0.4) is 0 Å². The van der Waals surface area contributed by atoms with E-state index in [-0.39, 0.29) is 23.8 Å². The van der Waals surface area contributed by atoms with Crippen molar-refractivity contribution in [2.75, 3.05) is 19.6 Å². The first kappa shape index (κ1) is 18.9. The van der Waals surface area contributed by atoms with Crippen molar-refractivity contribution in [1.82, 2.24) is 15.1 Å². The van der Waals surface area contributed by atoms with Crippen LogP contribution in [0.2, 0.25) is 0 Å². The van der Waals surface area contributed by atoms with Crippen molar-refractivity contribution in [1.29, 1.82) is 0 Å². The Morgan fingerprint density at radius 2 is 2.04 bits per heavy atom. The van der Waals surface area contributed by atoms with Gasteiger partial charge in [0.2, 0.25) is 0 Å². The predicted molar refractivity (Wildman–Crippen MR) is 98.6 cm³/mol. The topological polar surface area (TPSA) is 65.8 Å². The number of hydrogen-bond acceptors (Lipinski definition) is 3. The van der Waals surface area contributed by atoms with E-state index >= 15 is 0 Å². The number of carbonyl (C=O) groups is 2. The molecule has 3 amide bonds. The van der Waals surface area contributed by atoms with Crippen molar-refractivity contribution in [2.24, 2.45) is 0 Å². The molecule has 1 aliphatic rings. The third-order valence-corrected chi connectivity index (χ3v) is 4.77. The lowest BCUT2D eigenvalue weighted by atomic mass is 10.0. The molecule has 1 fully saturated rings. The van der Waals surface area contributed by atoms with E-state index in [0.29, 0.717) is 44.8 Å². The van der Waals surface area contributed by atoms with Gasteiger partial charge in [-0.2, -0.15) is 0 Å². The Kier molecular flexibility index (Phi) is 6.11. The molecule has 27 heavy (non-hydrogen) atoms. The van der Waals surface area contributed by atoms with Gasteiger partial charge in [0, 0.05) is 32.2 Å². The van der Waals surface area contributed by atoms with Gasteiger partial charge in [0.25, 0.3) is 5.91 Å². The molecule has 0 bridgehead atoms. The molecule has 3 rings (SSSR count). The largest absolute Gasteiger partial charge is 0.459 e. The predicted octanol–water partition coefficient (Wildman–Crippen LogP) is 3.26. The molecule has 2 heterocycles. The third kappa shape index (κ3) is 4.87. The molecule has 1 aromatic carbocycles. The number of rotatable bonds is 5. The van der Waals surface area contributed by atoms with Crippen LogP contribution in [-0.4, -0.2) is 47.4 Å². The average Bonchev–Trinajstić information content (AvgIpc) is 3.21. The summed E-state index contributed by atoms with van der Waals surface area (Å²) in [6.07, 6.45) is 2.86. The van der Waals surface area contributed by atoms with Crippen molar-refractivity contribution in [3.8, 4) is 0 Å². The van der Waals surface area contributed by atoms with Crippen LogP contribution in [0.25, 0.3) is 0 Å². The summed E-state index contributed by atoms with van der Waals surface area (Å²) in [7, 11) is 0. The average molecular weight is 373 g/mol. The molecule has 0 unspecified atom stereocenters. The second-order valence-corrected chi connectivity index (χ2v) is 6.64. The summed E-state index contributed by atoms with van der Waals surface area (Å²) in [6, 6.07) is 9.46. The Bertz CT molecular complexity index is 771. The highest BCUT2D eigenvalue weighted by atomic mass is 19.1. The van der Waals surface area contributed by atoms with Gasteiger partial charge in [0.1, 0.15) is 5.82 Å². The molecule has 1 saturated heterocycles. The molecule has 1 aromatic heterocycles. The van der Waals surface area contributed by atoms with Crippen LogP contribution in [0.5, 0.6) is 0 Å². The van der Waals surface area contributed by atoms with Gasteiger partial charge in [-0.25, -0.2) is 9.18 Å². The molecule has 7 heteroatoms. The zero-order valence-corrected chi connectivity index (χ0v) is 15.4. The molecular weight excluding hydrogens is 349 g/mol. The number of benzene rings is 1. The molecule has 0 atom stereocenters. The summed E-state index contributed by atoms with van der Waals surface area (Å²) in [6.45, 7) is 3.92. The quantitative estimate of drug-likeness (QED) is 0.875. The molecule has 144 valence electrons. The number of hydrogen-bond donors (Lipinski definition) is 1. The van der Waals surface area contributed by atoms with E-state index in [0.717, 1.165) is 5.56 Å². The minimum Gasteiger partial charge on any atom is -0.459 e. The van der Waals surface area contributed by atoms with Crippen molar-refractivity contribution in [3.05, 3.63) is 59.8 Å². The fraction of sp³-hybridized carbons (Fsp3) is 0.400. The summed E-state index contributed by atoms with van der Waals surface area (Å²) < 4.78 is 18.5. The fourth-order valence-corrected chi connectivity index (χ4v) is 3.23. The van der Waals surface area contributed by atoms with Crippen LogP contribution in [0.4, 0.5) is 9.18 Å². The van der Waals surface area contributed by atoms with E-state index in [1.54, 1.807) is 34.1 Å². The van der Waals surface area contributed by atoms with Crippen molar-refractivity contribution >= 4 is 11.9 Å². The Morgan fingerprint density at radius 1 is 1.26 bits per heavy atom. The molecule has 0 spiro atoms. The third-order valence-electron chi connectivity index (χ3n) is 4.77. The molecule has 6 nitrogen and oxygen atoms in total. The van der Waals surface area contributed by atoms with E-state index in [2.05, 4.69) is 5.32 Å². The van der Waals surface area contributed by atoms with Gasteiger partial charge >= 0.3 is 6.03 Å². The summed E-state index contributed by atoms with van der Waals surface area (Å²) >= 11 is 0. The number of halogens is 1. The second kappa shape index (κ2) is 8.70. The normalized spacial score (nSPS) is 14.8. The molecule has 1 N–H and O–H groups in total. The number of furan rings is 1. The monoisotopic (exact) mass is 373 g/mol. The SMILES string of the molecule is CCN(Cc1cccc(F)c1)C(=O)NC1CCN(C(=O)c2ccco2)CC1. The van der Waals surface area contributed by atoms with E-state index < -0.39 is 0 Å². The van der Waals surface area contributed by atoms with E-state index in [9.17, 15) is 14.0 Å². The molecule has 0 aliphatic carbocycles. The molecule has 2 aromatic rings. The number of piperidine rings is 1. The minimum absolute atomic E-state index is 0.0136. The van der Waals surface area contributed by atoms with Gasteiger partial charge in [0.15, 0.2) is 5.76 Å². The van der Waals surface area contributed by atoms with Crippen LogP contribution in [0.1, 0.15) is 35.9 Å². The summed E-state index contributed by atoms with van der Waals surface area (Å²) in [4.78, 5) is 28.2. The number of nitrogens with zero attached hydrogens (tertiary/aromatic N) is 2. The second-order valence-electron chi connectivity index (χ2n) is 6.64. The fourth-order valence-electron chi connectivity index (χ4n) is 3.23. The van der Waals surface area contributed by atoms with Gasteiger partial charge in [-0.15, -0.1) is 0 Å².